The first-order chi connectivity index (χ1) is 15.7. The number of fused-ring (bicyclic) bond motifs is 5. The Hall–Kier alpha value is -1.65. The molecule has 3 saturated carbocycles. The van der Waals surface area contributed by atoms with Crippen molar-refractivity contribution in [3.05, 3.63) is 11.6 Å². The summed E-state index contributed by atoms with van der Waals surface area (Å²) in [5.74, 6) is 2.86. The highest BCUT2D eigenvalue weighted by atomic mass is 16.6. The van der Waals surface area contributed by atoms with Crippen LogP contribution in [-0.4, -0.2) is 30.4 Å². The van der Waals surface area contributed by atoms with Crippen LogP contribution in [0, 0.1) is 40.9 Å². The first-order valence-electron chi connectivity index (χ1n) is 13.3. The number of carbonyl (C=O) groups excluding carboxylic acids is 3. The van der Waals surface area contributed by atoms with E-state index in [4.69, 9.17) is 9.47 Å². The van der Waals surface area contributed by atoms with Crippen molar-refractivity contribution in [1.82, 2.24) is 0 Å². The zero-order chi connectivity index (χ0) is 23.8. The van der Waals surface area contributed by atoms with E-state index < -0.39 is 5.97 Å². The van der Waals surface area contributed by atoms with Gasteiger partial charge in [0.2, 0.25) is 0 Å². The Balaban J connectivity index is 1.41. The van der Waals surface area contributed by atoms with E-state index in [2.05, 4.69) is 27.7 Å². The lowest BCUT2D eigenvalue weighted by molar-refractivity contribution is -0.171. The standard InChI is InChI=1S/C28H42O5/c1-5-18-15-24-23-9-7-19-14-20(29)8-10-21(19)22(23)12-13-28(24,4)27(18)33-26(31)16-32-25(30)11-6-17(2)3/h14,17-18,21-24,27H,5-13,15-16H2,1-4H3/t18-,21-,22+,23+,24-,27-,28-/m0/s1. The van der Waals surface area contributed by atoms with Gasteiger partial charge in [0, 0.05) is 18.3 Å². The van der Waals surface area contributed by atoms with Crippen LogP contribution in [0.3, 0.4) is 0 Å². The van der Waals surface area contributed by atoms with Crippen LogP contribution in [0.2, 0.25) is 0 Å². The molecule has 0 amide bonds. The van der Waals surface area contributed by atoms with Crippen molar-refractivity contribution in [3.63, 3.8) is 0 Å². The third kappa shape index (κ3) is 4.93. The van der Waals surface area contributed by atoms with Crippen molar-refractivity contribution < 1.29 is 23.9 Å². The number of esters is 2. The second-order valence-corrected chi connectivity index (χ2v) is 11.8. The molecule has 184 valence electrons. The highest BCUT2D eigenvalue weighted by molar-refractivity contribution is 5.91. The lowest BCUT2D eigenvalue weighted by Crippen LogP contribution is -2.49. The van der Waals surface area contributed by atoms with E-state index >= 15 is 0 Å². The molecule has 0 aromatic rings. The van der Waals surface area contributed by atoms with Crippen LogP contribution in [0.5, 0.6) is 0 Å². The van der Waals surface area contributed by atoms with Crippen molar-refractivity contribution in [2.24, 2.45) is 40.9 Å². The molecule has 7 atom stereocenters. The first kappa shape index (κ1) is 24.5. The number of ether oxygens (including phenoxy) is 2. The first-order valence-corrected chi connectivity index (χ1v) is 13.3. The van der Waals surface area contributed by atoms with Gasteiger partial charge in [0.15, 0.2) is 12.4 Å². The molecule has 0 heterocycles. The summed E-state index contributed by atoms with van der Waals surface area (Å²) >= 11 is 0. The molecular weight excluding hydrogens is 416 g/mol. The molecule has 0 saturated heterocycles. The zero-order valence-corrected chi connectivity index (χ0v) is 20.9. The molecule has 0 radical (unpaired) electrons. The Kier molecular flexibility index (Phi) is 7.35. The minimum Gasteiger partial charge on any atom is -0.459 e. The summed E-state index contributed by atoms with van der Waals surface area (Å²) in [6, 6.07) is 0. The van der Waals surface area contributed by atoms with Gasteiger partial charge in [-0.3, -0.25) is 9.59 Å². The Labute approximate surface area is 199 Å². The van der Waals surface area contributed by atoms with Gasteiger partial charge in [-0.25, -0.2) is 4.79 Å². The summed E-state index contributed by atoms with van der Waals surface area (Å²) in [5.41, 5.74) is 1.40. The second kappa shape index (κ2) is 9.92. The summed E-state index contributed by atoms with van der Waals surface area (Å²) in [5, 5.41) is 0. The third-order valence-corrected chi connectivity index (χ3v) is 9.43. The summed E-state index contributed by atoms with van der Waals surface area (Å²) in [6.07, 6.45) is 11.2. The molecule has 0 aromatic heterocycles. The molecule has 5 nitrogen and oxygen atoms in total. The van der Waals surface area contributed by atoms with Gasteiger partial charge in [-0.05, 0) is 93.0 Å². The molecule has 3 fully saturated rings. The molecule has 5 heteroatoms. The van der Waals surface area contributed by atoms with Crippen molar-refractivity contribution in [3.8, 4) is 0 Å². The smallest absolute Gasteiger partial charge is 0.344 e. The average Bonchev–Trinajstić information content (AvgIpc) is 3.07. The Morgan fingerprint density at radius 2 is 1.91 bits per heavy atom. The summed E-state index contributed by atoms with van der Waals surface area (Å²) < 4.78 is 11.3. The zero-order valence-electron chi connectivity index (χ0n) is 20.9. The van der Waals surface area contributed by atoms with E-state index in [1.807, 2.05) is 6.08 Å². The highest BCUT2D eigenvalue weighted by Gasteiger charge is 2.60. The summed E-state index contributed by atoms with van der Waals surface area (Å²) in [6.45, 7) is 8.39. The molecule has 0 spiro atoms. The van der Waals surface area contributed by atoms with E-state index in [0.29, 0.717) is 54.1 Å². The van der Waals surface area contributed by atoms with Crippen LogP contribution in [0.25, 0.3) is 0 Å². The molecule has 4 aliphatic rings. The Morgan fingerprint density at radius 1 is 1.12 bits per heavy atom. The van der Waals surface area contributed by atoms with Gasteiger partial charge in [0.05, 0.1) is 0 Å². The molecule has 0 bridgehead atoms. The molecule has 0 unspecified atom stereocenters. The lowest BCUT2D eigenvalue weighted by Gasteiger charge is -2.53. The number of carbonyl (C=O) groups is 3. The van der Waals surface area contributed by atoms with Gasteiger partial charge in [-0.15, -0.1) is 0 Å². The van der Waals surface area contributed by atoms with Crippen LogP contribution in [-0.2, 0) is 23.9 Å². The Morgan fingerprint density at radius 3 is 2.64 bits per heavy atom. The normalized spacial score (nSPS) is 37.6. The van der Waals surface area contributed by atoms with Crippen LogP contribution < -0.4 is 0 Å². The monoisotopic (exact) mass is 458 g/mol. The van der Waals surface area contributed by atoms with Gasteiger partial charge in [-0.2, -0.15) is 0 Å². The number of hydrogen-bond donors (Lipinski definition) is 0. The van der Waals surface area contributed by atoms with E-state index in [9.17, 15) is 14.4 Å². The number of allylic oxidation sites excluding steroid dienone is 1. The van der Waals surface area contributed by atoms with E-state index in [0.717, 1.165) is 51.4 Å². The number of rotatable bonds is 7. The van der Waals surface area contributed by atoms with Crippen LogP contribution in [0.4, 0.5) is 0 Å². The SMILES string of the molecule is CC[C@H]1C[C@H]2[C@@H]3CCC4=CC(=O)CC[C@@H]4[C@H]3CC[C@]2(C)[C@H]1OC(=O)COC(=O)CCC(C)C. The fraction of sp³-hybridized carbons (Fsp3) is 0.821. The summed E-state index contributed by atoms with van der Waals surface area (Å²) in [4.78, 5) is 36.6. The van der Waals surface area contributed by atoms with E-state index in [1.165, 1.54) is 5.57 Å². The lowest BCUT2D eigenvalue weighted by atomic mass is 9.52. The Bertz CT molecular complexity index is 798. The molecule has 0 N–H and O–H groups in total. The van der Waals surface area contributed by atoms with Gasteiger partial charge in [0.1, 0.15) is 6.10 Å². The molecule has 0 aromatic carbocycles. The molecule has 0 aliphatic heterocycles. The number of ketones is 1. The number of hydrogen-bond acceptors (Lipinski definition) is 5. The van der Waals surface area contributed by atoms with Crippen LogP contribution >= 0.6 is 0 Å². The topological polar surface area (TPSA) is 69.7 Å². The van der Waals surface area contributed by atoms with Crippen LogP contribution in [0.15, 0.2) is 11.6 Å². The summed E-state index contributed by atoms with van der Waals surface area (Å²) in [7, 11) is 0. The third-order valence-electron chi connectivity index (χ3n) is 9.43. The van der Waals surface area contributed by atoms with E-state index in [1.54, 1.807) is 0 Å². The van der Waals surface area contributed by atoms with Crippen molar-refractivity contribution in [2.45, 2.75) is 98.0 Å². The quantitative estimate of drug-likeness (QED) is 0.461. The largest absolute Gasteiger partial charge is 0.459 e. The predicted molar refractivity (Wildman–Crippen MR) is 126 cm³/mol. The van der Waals surface area contributed by atoms with Gasteiger partial charge < -0.3 is 9.47 Å². The van der Waals surface area contributed by atoms with Crippen molar-refractivity contribution in [1.29, 1.82) is 0 Å². The van der Waals surface area contributed by atoms with Gasteiger partial charge in [-0.1, -0.05) is 33.3 Å². The van der Waals surface area contributed by atoms with Crippen LogP contribution in [0.1, 0.15) is 91.9 Å². The van der Waals surface area contributed by atoms with Crippen molar-refractivity contribution in [2.75, 3.05) is 6.61 Å². The van der Waals surface area contributed by atoms with Gasteiger partial charge >= 0.3 is 11.9 Å². The second-order valence-electron chi connectivity index (χ2n) is 11.8. The predicted octanol–water partition coefficient (Wildman–Crippen LogP) is 5.66. The fourth-order valence-corrected chi connectivity index (χ4v) is 7.72. The molecule has 33 heavy (non-hydrogen) atoms. The maximum absolute atomic E-state index is 12.7. The highest BCUT2D eigenvalue weighted by Crippen LogP contribution is 2.64. The fourth-order valence-electron chi connectivity index (χ4n) is 7.72. The molecular formula is C28H42O5. The molecule has 4 rings (SSSR count). The maximum Gasteiger partial charge on any atom is 0.344 e. The minimum atomic E-state index is -0.403. The average molecular weight is 459 g/mol. The van der Waals surface area contributed by atoms with E-state index in [-0.39, 0.29) is 24.1 Å². The minimum absolute atomic E-state index is 0.00907. The van der Waals surface area contributed by atoms with Gasteiger partial charge in [0.25, 0.3) is 0 Å². The van der Waals surface area contributed by atoms with Crippen molar-refractivity contribution >= 4 is 17.7 Å². The maximum atomic E-state index is 12.7. The molecule has 4 aliphatic carbocycles.